The van der Waals surface area contributed by atoms with Gasteiger partial charge in [0.1, 0.15) is 0 Å². The Morgan fingerprint density at radius 3 is 2.33 bits per heavy atom. The number of nitro groups is 1. The van der Waals surface area contributed by atoms with Crippen molar-refractivity contribution >= 4 is 0 Å². The van der Waals surface area contributed by atoms with Gasteiger partial charge in [-0.2, -0.15) is 0 Å². The zero-order valence-corrected chi connectivity index (χ0v) is 12.2. The van der Waals surface area contributed by atoms with Gasteiger partial charge in [-0.1, -0.05) is 18.2 Å². The Balaban J connectivity index is 2.02. The van der Waals surface area contributed by atoms with Crippen molar-refractivity contribution in [2.45, 2.75) is 24.8 Å². The van der Waals surface area contributed by atoms with E-state index in [2.05, 4.69) is 6.08 Å². The summed E-state index contributed by atoms with van der Waals surface area (Å²) in [5.74, 6) is 1.48. The van der Waals surface area contributed by atoms with Crippen molar-refractivity contribution < 1.29 is 14.4 Å². The smallest absolute Gasteiger partial charge is 0.226 e. The molecule has 21 heavy (non-hydrogen) atoms. The minimum atomic E-state index is -0.535. The molecule has 0 radical (unpaired) electrons. The van der Waals surface area contributed by atoms with Crippen LogP contribution in [0.2, 0.25) is 0 Å². The van der Waals surface area contributed by atoms with Gasteiger partial charge in [-0.25, -0.2) is 0 Å². The number of hydrogen-bond donors (Lipinski definition) is 0. The second-order valence-electron chi connectivity index (χ2n) is 5.71. The Morgan fingerprint density at radius 2 is 1.76 bits per heavy atom. The zero-order chi connectivity index (χ0) is 15.0. The van der Waals surface area contributed by atoms with Crippen LogP contribution >= 0.6 is 0 Å². The lowest BCUT2D eigenvalue weighted by Crippen LogP contribution is -2.44. The lowest BCUT2D eigenvalue weighted by atomic mass is 9.64. The van der Waals surface area contributed by atoms with E-state index in [1.54, 1.807) is 14.2 Å². The van der Waals surface area contributed by atoms with Crippen LogP contribution in [-0.2, 0) is 0 Å². The average Bonchev–Trinajstić information content (AvgIpc) is 2.54. The maximum atomic E-state index is 11.5. The van der Waals surface area contributed by atoms with E-state index in [1.165, 1.54) is 0 Å². The number of allylic oxidation sites excluding steroid dienone is 1. The lowest BCUT2D eigenvalue weighted by molar-refractivity contribution is -0.539. The molecule has 1 fully saturated rings. The Hall–Kier alpha value is -2.04. The van der Waals surface area contributed by atoms with Crippen LogP contribution < -0.4 is 9.47 Å². The van der Waals surface area contributed by atoms with Crippen LogP contribution in [0.25, 0.3) is 0 Å². The van der Waals surface area contributed by atoms with Crippen LogP contribution in [-0.4, -0.2) is 25.2 Å². The van der Waals surface area contributed by atoms with Crippen LogP contribution in [0.5, 0.6) is 11.5 Å². The van der Waals surface area contributed by atoms with Crippen molar-refractivity contribution in [3.8, 4) is 11.5 Å². The Morgan fingerprint density at radius 1 is 1.10 bits per heavy atom. The summed E-state index contributed by atoms with van der Waals surface area (Å²) in [7, 11) is 3.17. The fraction of sp³-hybridized carbons (Fsp3) is 0.500. The number of benzene rings is 1. The lowest BCUT2D eigenvalue weighted by Gasteiger charge is -2.40. The van der Waals surface area contributed by atoms with Gasteiger partial charge in [0.05, 0.1) is 20.1 Å². The average molecular weight is 289 g/mol. The number of hydrogen-bond acceptors (Lipinski definition) is 4. The van der Waals surface area contributed by atoms with Gasteiger partial charge in [-0.3, -0.25) is 10.1 Å². The maximum absolute atomic E-state index is 11.5. The summed E-state index contributed by atoms with van der Waals surface area (Å²) < 4.78 is 10.6. The van der Waals surface area contributed by atoms with Crippen molar-refractivity contribution in [2.75, 3.05) is 14.2 Å². The van der Waals surface area contributed by atoms with Crippen LogP contribution in [0, 0.1) is 22.0 Å². The minimum absolute atomic E-state index is 0.0445. The minimum Gasteiger partial charge on any atom is -0.493 e. The predicted molar refractivity (Wildman–Crippen MR) is 78.4 cm³/mol. The van der Waals surface area contributed by atoms with E-state index < -0.39 is 6.04 Å². The summed E-state index contributed by atoms with van der Waals surface area (Å²) in [6.07, 6.45) is 6.11. The molecule has 4 atom stereocenters. The highest BCUT2D eigenvalue weighted by molar-refractivity contribution is 5.45. The molecule has 1 aromatic carbocycles. The molecule has 0 heterocycles. The largest absolute Gasteiger partial charge is 0.493 e. The highest BCUT2D eigenvalue weighted by Crippen LogP contribution is 2.48. The van der Waals surface area contributed by atoms with Crippen molar-refractivity contribution in [1.29, 1.82) is 0 Å². The molecule has 0 N–H and O–H groups in total. The monoisotopic (exact) mass is 289 g/mol. The van der Waals surface area contributed by atoms with Gasteiger partial charge in [-0.05, 0) is 36.5 Å². The van der Waals surface area contributed by atoms with E-state index in [9.17, 15) is 10.1 Å². The first-order valence-corrected chi connectivity index (χ1v) is 7.19. The van der Waals surface area contributed by atoms with Gasteiger partial charge < -0.3 is 9.47 Å². The molecular formula is C16H19NO4. The number of methoxy groups -OCH3 is 2. The third-order valence-electron chi connectivity index (χ3n) is 4.74. The molecule has 2 bridgehead atoms. The number of rotatable bonds is 4. The fourth-order valence-corrected chi connectivity index (χ4v) is 3.76. The molecule has 112 valence electrons. The summed E-state index contributed by atoms with van der Waals surface area (Å²) in [5, 5.41) is 11.5. The number of fused-ring (bicyclic) bond motifs is 2. The first-order chi connectivity index (χ1) is 10.2. The summed E-state index contributed by atoms with van der Waals surface area (Å²) >= 11 is 0. The quantitative estimate of drug-likeness (QED) is 0.485. The predicted octanol–water partition coefficient (Wildman–Crippen LogP) is 3.03. The second-order valence-corrected chi connectivity index (χ2v) is 5.71. The Bertz CT molecular complexity index is 584. The Kier molecular flexibility index (Phi) is 3.57. The molecule has 3 aliphatic carbocycles. The van der Waals surface area contributed by atoms with Gasteiger partial charge in [0.15, 0.2) is 11.5 Å². The summed E-state index contributed by atoms with van der Waals surface area (Å²) in [4.78, 5) is 11.4. The highest BCUT2D eigenvalue weighted by Gasteiger charge is 2.48. The van der Waals surface area contributed by atoms with Crippen molar-refractivity contribution in [3.05, 3.63) is 46.0 Å². The summed E-state index contributed by atoms with van der Waals surface area (Å²) in [5.41, 5.74) is 0.966. The van der Waals surface area contributed by atoms with Gasteiger partial charge in [-0.15, -0.1) is 0 Å². The van der Waals surface area contributed by atoms with Crippen molar-refractivity contribution in [3.63, 3.8) is 0 Å². The highest BCUT2D eigenvalue weighted by atomic mass is 16.6. The second kappa shape index (κ2) is 5.39. The normalized spacial score (nSPS) is 30.2. The summed E-state index contributed by atoms with van der Waals surface area (Å²) in [6.45, 7) is 0. The SMILES string of the molecule is COc1ccc(C2C3C=CC(CC3)C2[N+](=O)[O-])cc1OC. The zero-order valence-electron chi connectivity index (χ0n) is 12.2. The molecule has 0 saturated heterocycles. The molecule has 0 aliphatic heterocycles. The summed E-state index contributed by atoms with van der Waals surface area (Å²) in [6, 6.07) is 5.11. The van der Waals surface area contributed by atoms with Gasteiger partial charge in [0.25, 0.3) is 0 Å². The maximum Gasteiger partial charge on any atom is 0.226 e. The van der Waals surface area contributed by atoms with E-state index >= 15 is 0 Å². The third kappa shape index (κ3) is 2.26. The third-order valence-corrected chi connectivity index (χ3v) is 4.74. The molecule has 0 spiro atoms. The fourth-order valence-electron chi connectivity index (χ4n) is 3.76. The van der Waals surface area contributed by atoms with Crippen LogP contribution in [0.15, 0.2) is 30.4 Å². The molecule has 5 nitrogen and oxygen atoms in total. The van der Waals surface area contributed by atoms with Gasteiger partial charge in [0.2, 0.25) is 6.04 Å². The standard InChI is InChI=1S/C16H19NO4/c1-20-13-8-7-12(9-14(13)21-2)15-10-3-5-11(6-4-10)16(15)17(18)19/h3,5,7-11,15-16H,4,6H2,1-2H3. The molecule has 4 rings (SSSR count). The van der Waals surface area contributed by atoms with Gasteiger partial charge in [0, 0.05) is 10.8 Å². The molecule has 0 aromatic heterocycles. The molecular weight excluding hydrogens is 270 g/mol. The van der Waals surface area contributed by atoms with E-state index in [-0.39, 0.29) is 22.7 Å². The Labute approximate surface area is 123 Å². The molecule has 1 saturated carbocycles. The molecule has 3 aliphatic rings. The van der Waals surface area contributed by atoms with Crippen LogP contribution in [0.1, 0.15) is 24.3 Å². The van der Waals surface area contributed by atoms with Crippen LogP contribution in [0.3, 0.4) is 0 Å². The topological polar surface area (TPSA) is 61.6 Å². The number of nitrogens with zero attached hydrogens (tertiary/aromatic N) is 1. The van der Waals surface area contributed by atoms with Crippen molar-refractivity contribution in [1.82, 2.24) is 0 Å². The van der Waals surface area contributed by atoms with E-state index in [1.807, 2.05) is 24.3 Å². The number of ether oxygens (including phenoxy) is 2. The molecule has 4 unspecified atom stereocenters. The molecule has 0 amide bonds. The molecule has 5 heteroatoms. The van der Waals surface area contributed by atoms with E-state index in [0.29, 0.717) is 11.5 Å². The van der Waals surface area contributed by atoms with Crippen LogP contribution in [0.4, 0.5) is 0 Å². The van der Waals surface area contributed by atoms with E-state index in [4.69, 9.17) is 9.47 Å². The van der Waals surface area contributed by atoms with Gasteiger partial charge >= 0.3 is 0 Å². The first-order valence-electron chi connectivity index (χ1n) is 7.19. The van der Waals surface area contributed by atoms with E-state index in [0.717, 1.165) is 18.4 Å². The molecule has 1 aromatic rings. The van der Waals surface area contributed by atoms with Crippen molar-refractivity contribution in [2.24, 2.45) is 11.8 Å². The first kappa shape index (κ1) is 13.9.